The average Bonchev–Trinajstić information content (AvgIpc) is 3.35. The molecule has 0 amide bonds. The number of ether oxygens (including phenoxy) is 2. The first-order chi connectivity index (χ1) is 17.9. The van der Waals surface area contributed by atoms with Crippen LogP contribution < -0.4 is 15.4 Å². The zero-order chi connectivity index (χ0) is 26.1. The number of alkyl halides is 3. The van der Waals surface area contributed by atoms with E-state index in [-0.39, 0.29) is 5.02 Å². The summed E-state index contributed by atoms with van der Waals surface area (Å²) >= 11 is 5.87. The molecule has 37 heavy (non-hydrogen) atoms. The molecule has 0 spiro atoms. The van der Waals surface area contributed by atoms with Crippen molar-refractivity contribution in [2.75, 3.05) is 31.6 Å². The molecule has 0 unspecified atom stereocenters. The van der Waals surface area contributed by atoms with Crippen molar-refractivity contribution in [3.05, 3.63) is 59.4 Å². The third kappa shape index (κ3) is 8.00. The maximum Gasteiger partial charge on any atom is 0.573 e. The van der Waals surface area contributed by atoms with E-state index in [9.17, 15) is 13.2 Å². The Morgan fingerprint density at radius 1 is 0.973 bits per heavy atom. The highest BCUT2D eigenvalue weighted by molar-refractivity contribution is 6.32. The highest BCUT2D eigenvalue weighted by atomic mass is 35.5. The number of H-pyrrole nitrogens is 1. The van der Waals surface area contributed by atoms with Crippen LogP contribution in [0.3, 0.4) is 0 Å². The van der Waals surface area contributed by atoms with Crippen LogP contribution in [0.25, 0.3) is 22.2 Å². The molecule has 196 valence electrons. The number of anilines is 1. The van der Waals surface area contributed by atoms with E-state index in [4.69, 9.17) is 16.3 Å². The van der Waals surface area contributed by atoms with Gasteiger partial charge in [-0.25, -0.2) is 0 Å². The van der Waals surface area contributed by atoms with Gasteiger partial charge in [0, 0.05) is 25.3 Å². The van der Waals surface area contributed by atoms with Crippen molar-refractivity contribution in [2.24, 2.45) is 0 Å². The van der Waals surface area contributed by atoms with Gasteiger partial charge in [-0.3, -0.25) is 5.10 Å². The maximum atomic E-state index is 12.3. The molecule has 0 aliphatic rings. The standard InChI is InChI=1S/C24H25ClF3N7O2/c25-19-11-16(3-4-22(19)37-24(26,27)28)14-29-6-1-2-9-36-10-8-30-20-12-18(17-5-7-31-32-15-17)13-21-23(20)34-35-33-21/h3-5,7,11-13,15,29-30H,1-2,6,8-10,14H2,(H,33,34,35). The Kier molecular flexibility index (Phi) is 9.09. The summed E-state index contributed by atoms with van der Waals surface area (Å²) in [6.45, 7) is 2.97. The fraction of sp³-hybridized carbons (Fsp3) is 0.333. The Hall–Kier alpha value is -3.48. The van der Waals surface area contributed by atoms with Gasteiger partial charge >= 0.3 is 6.36 Å². The highest BCUT2D eigenvalue weighted by Gasteiger charge is 2.32. The van der Waals surface area contributed by atoms with E-state index in [2.05, 4.69) is 41.0 Å². The Morgan fingerprint density at radius 2 is 1.86 bits per heavy atom. The molecule has 0 atom stereocenters. The third-order valence-electron chi connectivity index (χ3n) is 5.35. The van der Waals surface area contributed by atoms with E-state index in [1.54, 1.807) is 18.5 Å². The molecule has 2 aromatic carbocycles. The van der Waals surface area contributed by atoms with Gasteiger partial charge in [-0.2, -0.15) is 10.2 Å². The molecule has 0 saturated carbocycles. The zero-order valence-corrected chi connectivity index (χ0v) is 20.4. The summed E-state index contributed by atoms with van der Waals surface area (Å²) in [7, 11) is 0. The number of unbranched alkanes of at least 4 members (excludes halogenated alkanes) is 1. The van der Waals surface area contributed by atoms with E-state index in [0.717, 1.165) is 52.8 Å². The van der Waals surface area contributed by atoms with Crippen LogP contribution in [0.15, 0.2) is 48.8 Å². The minimum atomic E-state index is -4.77. The normalized spacial score (nSPS) is 11.7. The van der Waals surface area contributed by atoms with Gasteiger partial charge in [0.2, 0.25) is 0 Å². The van der Waals surface area contributed by atoms with Gasteiger partial charge in [0.05, 0.1) is 35.2 Å². The molecular weight excluding hydrogens is 511 g/mol. The fourth-order valence-corrected chi connectivity index (χ4v) is 3.87. The first-order valence-corrected chi connectivity index (χ1v) is 12.0. The van der Waals surface area contributed by atoms with Crippen LogP contribution in [0.2, 0.25) is 5.02 Å². The molecule has 2 aromatic heterocycles. The van der Waals surface area contributed by atoms with Crippen LogP contribution in [0, 0.1) is 0 Å². The molecule has 0 aliphatic heterocycles. The SMILES string of the molecule is FC(F)(F)Oc1ccc(CNCCCCOCCNc2cc(-c3ccnnc3)cc3[nH]nnc23)cc1Cl. The lowest BCUT2D eigenvalue weighted by atomic mass is 10.1. The van der Waals surface area contributed by atoms with Crippen LogP contribution >= 0.6 is 11.6 Å². The summed E-state index contributed by atoms with van der Waals surface area (Å²) in [6.07, 6.45) is 0.326. The molecule has 0 radical (unpaired) electrons. The lowest BCUT2D eigenvalue weighted by Gasteiger charge is -2.12. The number of rotatable bonds is 13. The topological polar surface area (TPSA) is 110 Å². The predicted octanol–water partition coefficient (Wildman–Crippen LogP) is 4.97. The Labute approximate surface area is 215 Å². The van der Waals surface area contributed by atoms with Gasteiger partial charge in [0.15, 0.2) is 0 Å². The number of aromatic nitrogens is 5. The van der Waals surface area contributed by atoms with Crippen LogP contribution in [0.1, 0.15) is 18.4 Å². The number of benzene rings is 2. The van der Waals surface area contributed by atoms with Crippen molar-refractivity contribution in [1.82, 2.24) is 30.9 Å². The summed E-state index contributed by atoms with van der Waals surface area (Å²) < 4.78 is 46.5. The van der Waals surface area contributed by atoms with Gasteiger partial charge in [-0.05, 0) is 60.8 Å². The lowest BCUT2D eigenvalue weighted by molar-refractivity contribution is -0.274. The summed E-state index contributed by atoms with van der Waals surface area (Å²) in [4.78, 5) is 0. The zero-order valence-electron chi connectivity index (χ0n) is 19.7. The first-order valence-electron chi connectivity index (χ1n) is 11.6. The second-order valence-electron chi connectivity index (χ2n) is 8.10. The number of hydrogen-bond acceptors (Lipinski definition) is 8. The largest absolute Gasteiger partial charge is 0.573 e. The molecule has 13 heteroatoms. The quantitative estimate of drug-likeness (QED) is 0.206. The summed E-state index contributed by atoms with van der Waals surface area (Å²) in [5, 5.41) is 25.2. The number of halogens is 4. The predicted molar refractivity (Wildman–Crippen MR) is 133 cm³/mol. The fourth-order valence-electron chi connectivity index (χ4n) is 3.63. The van der Waals surface area contributed by atoms with Crippen molar-refractivity contribution in [1.29, 1.82) is 0 Å². The molecular formula is C24H25ClF3N7O2. The minimum absolute atomic E-state index is 0.0796. The maximum absolute atomic E-state index is 12.3. The number of nitrogens with zero attached hydrogens (tertiary/aromatic N) is 4. The smallest absolute Gasteiger partial charge is 0.404 e. The van der Waals surface area contributed by atoms with Gasteiger partial charge in [-0.15, -0.1) is 18.3 Å². The highest BCUT2D eigenvalue weighted by Crippen LogP contribution is 2.31. The number of fused-ring (bicyclic) bond motifs is 1. The van der Waals surface area contributed by atoms with Gasteiger partial charge in [0.1, 0.15) is 11.3 Å². The molecule has 0 bridgehead atoms. The summed E-state index contributed by atoms with van der Waals surface area (Å²) in [5.74, 6) is -0.409. The van der Waals surface area contributed by atoms with Crippen molar-refractivity contribution in [3.63, 3.8) is 0 Å². The van der Waals surface area contributed by atoms with Crippen LogP contribution in [0.5, 0.6) is 5.75 Å². The molecule has 2 heterocycles. The summed E-state index contributed by atoms with van der Waals surface area (Å²) in [6, 6.07) is 10.1. The van der Waals surface area contributed by atoms with Crippen LogP contribution in [-0.4, -0.2) is 58.3 Å². The van der Waals surface area contributed by atoms with Crippen molar-refractivity contribution >= 4 is 28.3 Å². The van der Waals surface area contributed by atoms with E-state index < -0.39 is 12.1 Å². The van der Waals surface area contributed by atoms with Gasteiger partial charge in [-0.1, -0.05) is 22.9 Å². The van der Waals surface area contributed by atoms with Crippen LogP contribution in [0.4, 0.5) is 18.9 Å². The van der Waals surface area contributed by atoms with E-state index in [0.29, 0.717) is 26.3 Å². The molecule has 3 N–H and O–H groups in total. The number of nitrogens with one attached hydrogen (secondary N) is 3. The number of aromatic amines is 1. The Bertz CT molecular complexity index is 1290. The average molecular weight is 536 g/mol. The molecule has 0 aliphatic carbocycles. The van der Waals surface area contributed by atoms with Crippen molar-refractivity contribution in [2.45, 2.75) is 25.7 Å². The second kappa shape index (κ2) is 12.7. The van der Waals surface area contributed by atoms with E-state index in [1.807, 2.05) is 18.2 Å². The second-order valence-corrected chi connectivity index (χ2v) is 8.51. The monoisotopic (exact) mass is 535 g/mol. The van der Waals surface area contributed by atoms with E-state index >= 15 is 0 Å². The summed E-state index contributed by atoms with van der Waals surface area (Å²) in [5.41, 5.74) is 5.10. The number of hydrogen-bond donors (Lipinski definition) is 3. The van der Waals surface area contributed by atoms with Crippen molar-refractivity contribution in [3.8, 4) is 16.9 Å². The molecule has 0 saturated heterocycles. The van der Waals surface area contributed by atoms with Crippen LogP contribution in [-0.2, 0) is 11.3 Å². The Balaban J connectivity index is 1.12. The van der Waals surface area contributed by atoms with Gasteiger partial charge < -0.3 is 20.1 Å². The first kappa shape index (κ1) is 26.6. The van der Waals surface area contributed by atoms with Gasteiger partial charge in [0.25, 0.3) is 0 Å². The molecule has 4 aromatic rings. The third-order valence-corrected chi connectivity index (χ3v) is 5.65. The lowest BCUT2D eigenvalue weighted by Crippen LogP contribution is -2.18. The molecule has 9 nitrogen and oxygen atoms in total. The van der Waals surface area contributed by atoms with Crippen molar-refractivity contribution < 1.29 is 22.6 Å². The molecule has 0 fully saturated rings. The van der Waals surface area contributed by atoms with E-state index in [1.165, 1.54) is 12.1 Å². The minimum Gasteiger partial charge on any atom is -0.404 e. The molecule has 4 rings (SSSR count). The Morgan fingerprint density at radius 3 is 2.65 bits per heavy atom.